The Bertz CT molecular complexity index is 2390. The van der Waals surface area contributed by atoms with E-state index in [1.807, 2.05) is 51.0 Å². The van der Waals surface area contributed by atoms with E-state index in [1.54, 1.807) is 38.7 Å². The number of nitrogens with one attached hydrogen (secondary N) is 4. The lowest BCUT2D eigenvalue weighted by atomic mass is 9.99. The van der Waals surface area contributed by atoms with Crippen molar-refractivity contribution < 1.29 is 27.0 Å². The SMILES string of the molecule is COC(=O)N[C@H](C(=O)N1CCC[C@H]1c1ncc(-c2ccc(-c3ccc(-c4cnc([C@@H]5CCCN5C(=O)[C@@H](NC(=O)OI)C(C)C)[nH]4)c4scnc34)c3scnc23)[nH]1)C(C)C. The van der Waals surface area contributed by atoms with E-state index in [-0.39, 0.29) is 35.7 Å². The minimum Gasteiger partial charge on any atom is -0.453 e. The summed E-state index contributed by atoms with van der Waals surface area (Å²) < 4.78 is 11.6. The van der Waals surface area contributed by atoms with E-state index in [4.69, 9.17) is 27.7 Å². The largest absolute Gasteiger partial charge is 0.453 e. The number of amides is 4. The minimum atomic E-state index is -0.718. The fraction of sp³-hybridized carbons (Fsp3) is 0.415. The Balaban J connectivity index is 1.05. The molecule has 2 aliphatic rings. The van der Waals surface area contributed by atoms with Crippen molar-refractivity contribution in [2.75, 3.05) is 20.2 Å². The lowest BCUT2D eigenvalue weighted by Gasteiger charge is -2.30. The number of H-pyrrole nitrogens is 2. The average molecular weight is 965 g/mol. The first-order chi connectivity index (χ1) is 29.0. The molecule has 0 bridgehead atoms. The van der Waals surface area contributed by atoms with Gasteiger partial charge in [-0.15, -0.1) is 22.7 Å². The maximum absolute atomic E-state index is 13.7. The van der Waals surface area contributed by atoms with Gasteiger partial charge in [-0.05, 0) is 43.6 Å². The van der Waals surface area contributed by atoms with Crippen LogP contribution in [0.5, 0.6) is 0 Å². The predicted octanol–water partition coefficient (Wildman–Crippen LogP) is 8.16. The molecular formula is C41H45IN10O6S2. The molecule has 4 N–H and O–H groups in total. The molecule has 2 fully saturated rings. The Hall–Kier alpha value is -5.15. The summed E-state index contributed by atoms with van der Waals surface area (Å²) in [7, 11) is 1.29. The average Bonchev–Trinajstić information content (AvgIpc) is 4.10. The van der Waals surface area contributed by atoms with Gasteiger partial charge in [0, 0.05) is 35.3 Å². The number of ether oxygens (including phenoxy) is 1. The molecule has 0 saturated carbocycles. The third-order valence-electron chi connectivity index (χ3n) is 11.4. The van der Waals surface area contributed by atoms with Crippen LogP contribution in [0.2, 0.25) is 0 Å². The lowest BCUT2D eigenvalue weighted by molar-refractivity contribution is -0.136. The molecule has 60 heavy (non-hydrogen) atoms. The predicted molar refractivity (Wildman–Crippen MR) is 237 cm³/mol. The number of likely N-dealkylation sites (tertiary alicyclic amines) is 2. The quantitative estimate of drug-likeness (QED) is 0.0919. The normalized spacial score (nSPS) is 17.8. The number of rotatable bonds is 11. The maximum atomic E-state index is 13.7. The molecule has 4 amide bonds. The second-order valence-electron chi connectivity index (χ2n) is 15.7. The van der Waals surface area contributed by atoms with Gasteiger partial charge in [0.05, 0.1) is 74.4 Å². The van der Waals surface area contributed by atoms with E-state index in [0.29, 0.717) is 24.7 Å². The first-order valence-corrected chi connectivity index (χ1v) is 22.5. The summed E-state index contributed by atoms with van der Waals surface area (Å²) in [6.45, 7) is 8.73. The summed E-state index contributed by atoms with van der Waals surface area (Å²) in [6.07, 6.45) is 5.47. The number of hydrogen-bond donors (Lipinski definition) is 4. The van der Waals surface area contributed by atoms with E-state index in [9.17, 15) is 19.2 Å². The van der Waals surface area contributed by atoms with Crippen LogP contribution < -0.4 is 10.6 Å². The van der Waals surface area contributed by atoms with Gasteiger partial charge in [0.1, 0.15) is 23.7 Å². The van der Waals surface area contributed by atoms with Crippen LogP contribution in [0.1, 0.15) is 77.1 Å². The van der Waals surface area contributed by atoms with Crippen LogP contribution in [0.4, 0.5) is 9.59 Å². The second kappa shape index (κ2) is 17.4. The van der Waals surface area contributed by atoms with Gasteiger partial charge in [0.15, 0.2) is 23.0 Å². The molecule has 0 aliphatic carbocycles. The van der Waals surface area contributed by atoms with Gasteiger partial charge in [0.2, 0.25) is 11.8 Å². The molecular weight excluding hydrogens is 920 g/mol. The van der Waals surface area contributed by atoms with Crippen molar-refractivity contribution in [3.05, 3.63) is 59.3 Å². The summed E-state index contributed by atoms with van der Waals surface area (Å²) in [5.74, 6) is 0.808. The van der Waals surface area contributed by atoms with Crippen molar-refractivity contribution in [2.24, 2.45) is 11.8 Å². The number of aromatic nitrogens is 6. The van der Waals surface area contributed by atoms with Crippen LogP contribution in [0, 0.1) is 11.8 Å². The number of halogens is 1. The highest BCUT2D eigenvalue weighted by Crippen LogP contribution is 2.43. The summed E-state index contributed by atoms with van der Waals surface area (Å²) in [6, 6.07) is 6.37. The Kier molecular flexibility index (Phi) is 12.1. The molecule has 19 heteroatoms. The number of methoxy groups -OCH3 is 1. The summed E-state index contributed by atoms with van der Waals surface area (Å²) >= 11 is 4.63. The Morgan fingerprint density at radius 1 is 0.700 bits per heavy atom. The van der Waals surface area contributed by atoms with Gasteiger partial charge in [-0.25, -0.2) is 29.5 Å². The highest BCUT2D eigenvalue weighted by molar-refractivity contribution is 14.1. The zero-order valence-corrected chi connectivity index (χ0v) is 37.4. The number of hydrogen-bond acceptors (Lipinski definition) is 12. The number of aromatic amines is 2. The summed E-state index contributed by atoms with van der Waals surface area (Å²) in [5.41, 5.74) is 10.8. The molecule has 16 nitrogen and oxygen atoms in total. The molecule has 2 aromatic carbocycles. The Morgan fingerprint density at radius 3 is 1.70 bits per heavy atom. The van der Waals surface area contributed by atoms with E-state index in [0.717, 1.165) is 79.8 Å². The molecule has 6 aromatic rings. The van der Waals surface area contributed by atoms with Crippen LogP contribution in [0.3, 0.4) is 0 Å². The molecule has 8 rings (SSSR count). The molecule has 2 saturated heterocycles. The minimum absolute atomic E-state index is 0.129. The van der Waals surface area contributed by atoms with Gasteiger partial charge in [-0.2, -0.15) is 0 Å². The third-order valence-corrected chi connectivity index (χ3v) is 13.5. The zero-order chi connectivity index (χ0) is 42.2. The van der Waals surface area contributed by atoms with E-state index >= 15 is 0 Å². The summed E-state index contributed by atoms with van der Waals surface area (Å²) in [4.78, 5) is 81.3. The fourth-order valence-corrected chi connectivity index (χ4v) is 10.2. The number of benzene rings is 2. The zero-order valence-electron chi connectivity index (χ0n) is 33.7. The monoisotopic (exact) mass is 964 g/mol. The van der Waals surface area contributed by atoms with Crippen molar-refractivity contribution in [3.63, 3.8) is 0 Å². The van der Waals surface area contributed by atoms with Crippen molar-refractivity contribution in [1.82, 2.24) is 50.3 Å². The number of thiazole rings is 2. The molecule has 4 aromatic heterocycles. The van der Waals surface area contributed by atoms with Crippen molar-refractivity contribution in [1.29, 1.82) is 0 Å². The maximum Gasteiger partial charge on any atom is 0.417 e. The number of alkyl carbamates (subject to hydrolysis) is 1. The second-order valence-corrected chi connectivity index (χ2v) is 17.9. The lowest BCUT2D eigenvalue weighted by Crippen LogP contribution is -2.51. The highest BCUT2D eigenvalue weighted by atomic mass is 127. The van der Waals surface area contributed by atoms with E-state index in [2.05, 4.69) is 38.8 Å². The molecule has 6 heterocycles. The number of imidazole rings is 2. The number of fused-ring (bicyclic) bond motifs is 2. The van der Waals surface area contributed by atoms with Crippen LogP contribution in [-0.2, 0) is 17.4 Å². The van der Waals surface area contributed by atoms with Gasteiger partial charge in [-0.1, -0.05) is 45.9 Å². The van der Waals surface area contributed by atoms with Crippen LogP contribution in [-0.4, -0.2) is 96.0 Å². The van der Waals surface area contributed by atoms with Crippen LogP contribution in [0.25, 0.3) is 54.1 Å². The van der Waals surface area contributed by atoms with Crippen LogP contribution in [0.15, 0.2) is 47.7 Å². The van der Waals surface area contributed by atoms with Gasteiger partial charge < -0.3 is 38.2 Å². The molecule has 0 radical (unpaired) electrons. The highest BCUT2D eigenvalue weighted by Gasteiger charge is 2.39. The molecule has 314 valence electrons. The summed E-state index contributed by atoms with van der Waals surface area (Å²) in [5, 5.41) is 5.41. The first kappa shape index (κ1) is 41.6. The van der Waals surface area contributed by atoms with Crippen LogP contribution >= 0.6 is 45.7 Å². The van der Waals surface area contributed by atoms with Gasteiger partial charge >= 0.3 is 12.2 Å². The Labute approximate surface area is 368 Å². The standard InChI is InChI=1S/C41H45IN10O6S2/c1-20(2)30(49-40(55)57-5)38(53)51-14-6-8-28(51)36-43-16-26(47-36)24-12-11-23(34-33(24)46-19-59-34)22-10-13-25(35-32(22)45-18-60-35)27-17-44-37(48-27)29-9-7-15-52(29)39(54)31(21(3)4)50-41(56)58-42/h10-13,16-21,28-31H,6-9,14-15H2,1-5H3,(H,43,47)(H,44,48)(H,49,55)(H,50,56)/t28-,29-,30-,31-/m0/s1. The number of nitrogens with zero attached hydrogens (tertiary/aromatic N) is 6. The number of carbonyl (C=O) groups excluding carboxylic acids is 4. The van der Waals surface area contributed by atoms with Crippen molar-refractivity contribution in [3.8, 4) is 33.6 Å². The van der Waals surface area contributed by atoms with Gasteiger partial charge in [0.25, 0.3) is 0 Å². The number of carbonyl (C=O) groups is 4. The Morgan fingerprint density at radius 2 is 1.17 bits per heavy atom. The van der Waals surface area contributed by atoms with E-state index in [1.165, 1.54) is 30.1 Å². The van der Waals surface area contributed by atoms with Crippen molar-refractivity contribution in [2.45, 2.75) is 77.5 Å². The fourth-order valence-electron chi connectivity index (χ4n) is 8.39. The molecule has 0 spiro atoms. The van der Waals surface area contributed by atoms with E-state index < -0.39 is 24.3 Å². The van der Waals surface area contributed by atoms with Crippen molar-refractivity contribution >= 4 is 90.1 Å². The topological polar surface area (TPSA) is 200 Å². The third kappa shape index (κ3) is 7.81. The molecule has 0 unspecified atom stereocenters. The smallest absolute Gasteiger partial charge is 0.417 e. The van der Waals surface area contributed by atoms with Gasteiger partial charge in [-0.3, -0.25) is 9.59 Å². The molecule has 4 atom stereocenters. The first-order valence-electron chi connectivity index (χ1n) is 19.9. The molecule has 2 aliphatic heterocycles.